The molecule has 1 N–H and O–H groups in total. The molecule has 1 aliphatic carbocycles. The van der Waals surface area contributed by atoms with E-state index in [4.69, 9.17) is 0 Å². The van der Waals surface area contributed by atoms with Crippen LogP contribution in [0.1, 0.15) is 42.1 Å². The molecular weight excluding hydrogens is 310 g/mol. The van der Waals surface area contributed by atoms with Gasteiger partial charge in [-0.1, -0.05) is 12.1 Å². The highest BCUT2D eigenvalue weighted by Gasteiger charge is 2.34. The molecule has 2 aromatic rings. The van der Waals surface area contributed by atoms with E-state index in [2.05, 4.69) is 10.3 Å². The molecule has 126 valence electrons. The van der Waals surface area contributed by atoms with Crippen LogP contribution in [0.25, 0.3) is 0 Å². The zero-order chi connectivity index (χ0) is 17.1. The summed E-state index contributed by atoms with van der Waals surface area (Å²) in [6.07, 6.45) is 4.53. The maximum Gasteiger partial charge on any atom is 0.220 e. The summed E-state index contributed by atoms with van der Waals surface area (Å²) >= 11 is 0. The Morgan fingerprint density at radius 3 is 2.75 bits per heavy atom. The molecule has 0 radical (unpaired) electrons. The maximum absolute atomic E-state index is 13.2. The third kappa shape index (κ3) is 3.96. The molecule has 1 aromatic heterocycles. The van der Waals surface area contributed by atoms with Crippen LogP contribution in [-0.2, 0) is 11.2 Å². The van der Waals surface area contributed by atoms with Crippen LogP contribution in [0, 0.1) is 24.5 Å². The van der Waals surface area contributed by atoms with Gasteiger partial charge in [0.05, 0.1) is 11.7 Å². The molecule has 5 heteroatoms. The predicted octanol–water partition coefficient (Wildman–Crippen LogP) is 3.87. The molecule has 1 atom stereocenters. The number of hydrogen-bond acceptors (Lipinski definition) is 2. The minimum Gasteiger partial charge on any atom is -0.347 e. The SMILES string of the molecule is Cc1cccnc1[C@H](NC(=O)CCc1ccc(F)c(F)c1)C1CC1. The van der Waals surface area contributed by atoms with E-state index in [-0.39, 0.29) is 18.4 Å². The van der Waals surface area contributed by atoms with E-state index < -0.39 is 11.6 Å². The number of aromatic nitrogens is 1. The van der Waals surface area contributed by atoms with Crippen molar-refractivity contribution in [1.29, 1.82) is 0 Å². The van der Waals surface area contributed by atoms with Crippen LogP contribution in [0.3, 0.4) is 0 Å². The summed E-state index contributed by atoms with van der Waals surface area (Å²) < 4.78 is 26.1. The van der Waals surface area contributed by atoms with Gasteiger partial charge >= 0.3 is 0 Å². The number of nitrogens with zero attached hydrogens (tertiary/aromatic N) is 1. The Labute approximate surface area is 140 Å². The largest absolute Gasteiger partial charge is 0.347 e. The van der Waals surface area contributed by atoms with Gasteiger partial charge in [0.2, 0.25) is 5.91 Å². The van der Waals surface area contributed by atoms with Gasteiger partial charge in [0.25, 0.3) is 0 Å². The number of hydrogen-bond donors (Lipinski definition) is 1. The maximum atomic E-state index is 13.2. The van der Waals surface area contributed by atoms with Crippen LogP contribution in [0.15, 0.2) is 36.5 Å². The molecule has 3 rings (SSSR count). The fourth-order valence-corrected chi connectivity index (χ4v) is 2.86. The first-order valence-corrected chi connectivity index (χ1v) is 8.19. The minimum atomic E-state index is -0.882. The Hall–Kier alpha value is -2.30. The molecular formula is C19H20F2N2O. The Morgan fingerprint density at radius 2 is 2.08 bits per heavy atom. The van der Waals surface area contributed by atoms with Gasteiger partial charge in [-0.3, -0.25) is 9.78 Å². The molecule has 1 saturated carbocycles. The van der Waals surface area contributed by atoms with Gasteiger partial charge in [-0.25, -0.2) is 8.78 Å². The second-order valence-electron chi connectivity index (χ2n) is 6.34. The summed E-state index contributed by atoms with van der Waals surface area (Å²) in [4.78, 5) is 16.7. The molecule has 1 aromatic carbocycles. The summed E-state index contributed by atoms with van der Waals surface area (Å²) in [5.41, 5.74) is 2.59. The normalized spacial score (nSPS) is 15.1. The van der Waals surface area contributed by atoms with E-state index in [1.807, 2.05) is 19.1 Å². The number of rotatable bonds is 6. The Bertz CT molecular complexity index is 744. The van der Waals surface area contributed by atoms with Crippen LogP contribution >= 0.6 is 0 Å². The van der Waals surface area contributed by atoms with Crippen molar-refractivity contribution < 1.29 is 13.6 Å². The van der Waals surface area contributed by atoms with Crippen molar-refractivity contribution in [2.24, 2.45) is 5.92 Å². The monoisotopic (exact) mass is 330 g/mol. The van der Waals surface area contributed by atoms with Crippen molar-refractivity contribution in [3.63, 3.8) is 0 Å². The molecule has 0 aliphatic heterocycles. The number of pyridine rings is 1. The zero-order valence-corrected chi connectivity index (χ0v) is 13.6. The van der Waals surface area contributed by atoms with Crippen LogP contribution < -0.4 is 5.32 Å². The van der Waals surface area contributed by atoms with Gasteiger partial charge in [0.1, 0.15) is 0 Å². The minimum absolute atomic E-state index is 0.0661. The number of carbonyl (C=O) groups excluding carboxylic acids is 1. The molecule has 0 unspecified atom stereocenters. The van der Waals surface area contributed by atoms with Crippen LogP contribution in [0.2, 0.25) is 0 Å². The lowest BCUT2D eigenvalue weighted by Gasteiger charge is -2.19. The topological polar surface area (TPSA) is 42.0 Å². The van der Waals surface area contributed by atoms with Gasteiger partial charge in [-0.05, 0) is 61.4 Å². The number of nitrogens with one attached hydrogen (secondary N) is 1. The van der Waals surface area contributed by atoms with Crippen LogP contribution in [0.5, 0.6) is 0 Å². The van der Waals surface area contributed by atoms with Crippen molar-refractivity contribution in [3.8, 4) is 0 Å². The third-order valence-corrected chi connectivity index (χ3v) is 4.38. The van der Waals surface area contributed by atoms with Gasteiger partial charge < -0.3 is 5.32 Å². The first-order chi connectivity index (χ1) is 11.5. The summed E-state index contributed by atoms with van der Waals surface area (Å²) in [7, 11) is 0. The number of halogens is 2. The molecule has 3 nitrogen and oxygen atoms in total. The van der Waals surface area contributed by atoms with Gasteiger partial charge in [0.15, 0.2) is 11.6 Å². The molecule has 0 spiro atoms. The number of amides is 1. The molecule has 1 amide bonds. The summed E-state index contributed by atoms with van der Waals surface area (Å²) in [5, 5.41) is 3.06. The Kier molecular flexibility index (Phi) is 4.88. The summed E-state index contributed by atoms with van der Waals surface area (Å²) in [5.74, 6) is -1.41. The number of aryl methyl sites for hydroxylation is 2. The summed E-state index contributed by atoms with van der Waals surface area (Å²) in [6.45, 7) is 1.99. The molecule has 0 saturated heterocycles. The van der Waals surface area contributed by atoms with Gasteiger partial charge in [-0.15, -0.1) is 0 Å². The van der Waals surface area contributed by atoms with Crippen molar-refractivity contribution in [2.75, 3.05) is 0 Å². The zero-order valence-electron chi connectivity index (χ0n) is 13.6. The fourth-order valence-electron chi connectivity index (χ4n) is 2.86. The first kappa shape index (κ1) is 16.6. The van der Waals surface area contributed by atoms with E-state index in [0.717, 1.165) is 36.2 Å². The van der Waals surface area contributed by atoms with Crippen molar-refractivity contribution in [1.82, 2.24) is 10.3 Å². The molecule has 24 heavy (non-hydrogen) atoms. The fraction of sp³-hybridized carbons (Fsp3) is 0.368. The highest BCUT2D eigenvalue weighted by atomic mass is 19.2. The van der Waals surface area contributed by atoms with Crippen LogP contribution in [-0.4, -0.2) is 10.9 Å². The van der Waals surface area contributed by atoms with Gasteiger partial charge in [-0.2, -0.15) is 0 Å². The first-order valence-electron chi connectivity index (χ1n) is 8.19. The lowest BCUT2D eigenvalue weighted by Crippen LogP contribution is -2.31. The lowest BCUT2D eigenvalue weighted by atomic mass is 10.0. The standard InChI is InChI=1S/C19H20F2N2O/c1-12-3-2-10-22-18(12)19(14-6-7-14)23-17(24)9-5-13-4-8-15(20)16(21)11-13/h2-4,8,10-11,14,19H,5-7,9H2,1H3,(H,23,24)/t19-/m1/s1. The molecule has 0 bridgehead atoms. The quantitative estimate of drug-likeness (QED) is 0.874. The number of carbonyl (C=O) groups is 1. The van der Waals surface area contributed by atoms with Crippen molar-refractivity contribution in [3.05, 3.63) is 65.0 Å². The third-order valence-electron chi connectivity index (χ3n) is 4.38. The van der Waals surface area contributed by atoms with E-state index in [1.165, 1.54) is 6.07 Å². The van der Waals surface area contributed by atoms with Crippen molar-refractivity contribution >= 4 is 5.91 Å². The Morgan fingerprint density at radius 1 is 1.29 bits per heavy atom. The van der Waals surface area contributed by atoms with Crippen LogP contribution in [0.4, 0.5) is 8.78 Å². The smallest absolute Gasteiger partial charge is 0.220 e. The van der Waals surface area contributed by atoms with E-state index >= 15 is 0 Å². The van der Waals surface area contributed by atoms with E-state index in [0.29, 0.717) is 17.9 Å². The van der Waals surface area contributed by atoms with E-state index in [9.17, 15) is 13.6 Å². The number of benzene rings is 1. The average molecular weight is 330 g/mol. The Balaban J connectivity index is 1.62. The molecule has 1 fully saturated rings. The highest BCUT2D eigenvalue weighted by Crippen LogP contribution is 2.41. The second kappa shape index (κ2) is 7.07. The van der Waals surface area contributed by atoms with Gasteiger partial charge in [0, 0.05) is 12.6 Å². The van der Waals surface area contributed by atoms with Crippen molar-refractivity contribution in [2.45, 2.75) is 38.6 Å². The summed E-state index contributed by atoms with van der Waals surface area (Å²) in [6, 6.07) is 7.55. The highest BCUT2D eigenvalue weighted by molar-refractivity contribution is 5.76. The predicted molar refractivity (Wildman–Crippen MR) is 87.3 cm³/mol. The molecule has 1 aliphatic rings. The lowest BCUT2D eigenvalue weighted by molar-refractivity contribution is -0.122. The van der Waals surface area contributed by atoms with E-state index in [1.54, 1.807) is 6.20 Å². The molecule has 1 heterocycles. The average Bonchev–Trinajstić information content (AvgIpc) is 3.39. The second-order valence-corrected chi connectivity index (χ2v) is 6.34.